The number of esters is 1. The van der Waals surface area contributed by atoms with Crippen molar-refractivity contribution in [1.82, 2.24) is 0 Å². The van der Waals surface area contributed by atoms with Gasteiger partial charge < -0.3 is 9.47 Å². The van der Waals surface area contributed by atoms with Crippen LogP contribution in [0.5, 0.6) is 5.75 Å². The Morgan fingerprint density at radius 3 is 2.33 bits per heavy atom. The molecule has 2 aromatic carbocycles. The van der Waals surface area contributed by atoms with E-state index in [1.807, 2.05) is 32.0 Å². The van der Waals surface area contributed by atoms with E-state index in [1.54, 1.807) is 31.2 Å². The largest absolute Gasteiger partial charge is 0.482 e. The van der Waals surface area contributed by atoms with Crippen LogP contribution in [0.4, 0.5) is 0 Å². The Labute approximate surface area is 149 Å². The number of aryl methyl sites for hydroxylation is 2. The minimum Gasteiger partial charge on any atom is -0.482 e. The molecular weight excluding hydrogens is 372 g/mol. The van der Waals surface area contributed by atoms with Crippen LogP contribution in [0, 0.1) is 13.8 Å². The summed E-state index contributed by atoms with van der Waals surface area (Å²) in [5.41, 5.74) is 2.67. The molecule has 0 radical (unpaired) electrons. The van der Waals surface area contributed by atoms with Crippen LogP contribution < -0.4 is 4.74 Å². The number of hydrogen-bond donors (Lipinski definition) is 0. The molecule has 0 N–H and O–H groups in total. The number of ether oxygens (including phenoxy) is 2. The lowest BCUT2D eigenvalue weighted by Crippen LogP contribution is -2.27. The third-order valence-electron chi connectivity index (χ3n) is 3.64. The Bertz CT molecular complexity index is 738. The van der Waals surface area contributed by atoms with Crippen molar-refractivity contribution >= 4 is 27.7 Å². The molecule has 0 unspecified atom stereocenters. The Morgan fingerprint density at radius 2 is 1.71 bits per heavy atom. The molecule has 0 spiro atoms. The fraction of sp³-hybridized carbons (Fsp3) is 0.263. The van der Waals surface area contributed by atoms with Crippen LogP contribution in [0.3, 0.4) is 0 Å². The number of benzene rings is 2. The normalized spacial score (nSPS) is 11.7. The second kappa shape index (κ2) is 8.11. The molecule has 126 valence electrons. The molecule has 5 heteroatoms. The second-order valence-electron chi connectivity index (χ2n) is 5.54. The van der Waals surface area contributed by atoms with E-state index < -0.39 is 12.1 Å². The first-order valence-corrected chi connectivity index (χ1v) is 8.35. The van der Waals surface area contributed by atoms with Crippen LogP contribution in [0.25, 0.3) is 0 Å². The fourth-order valence-electron chi connectivity index (χ4n) is 2.09. The van der Waals surface area contributed by atoms with Gasteiger partial charge in [0.05, 0.1) is 0 Å². The number of Topliss-reactive ketones (excluding diaryl/α,β-unsaturated/α-hetero) is 1. The Morgan fingerprint density at radius 1 is 1.04 bits per heavy atom. The standard InChI is InChI=1S/C19H19BrO4/c1-12-4-5-15(10-13(12)2)19(22)14(3)24-18(21)11-23-17-8-6-16(20)7-9-17/h4-10,14H,11H2,1-3H3/t14-/m1/s1. The van der Waals surface area contributed by atoms with Crippen molar-refractivity contribution in [1.29, 1.82) is 0 Å². The molecule has 0 amide bonds. The molecule has 0 aliphatic carbocycles. The van der Waals surface area contributed by atoms with Gasteiger partial charge in [-0.05, 0) is 62.2 Å². The molecule has 0 aromatic heterocycles. The molecule has 0 fully saturated rings. The number of ketones is 1. The van der Waals surface area contributed by atoms with Crippen molar-refractivity contribution in [2.75, 3.05) is 6.61 Å². The van der Waals surface area contributed by atoms with Gasteiger partial charge in [0.25, 0.3) is 0 Å². The summed E-state index contributed by atoms with van der Waals surface area (Å²) < 4.78 is 11.4. The highest BCUT2D eigenvalue weighted by Gasteiger charge is 2.20. The first kappa shape index (κ1) is 18.2. The third kappa shape index (κ3) is 4.93. The average molecular weight is 391 g/mol. The molecule has 0 saturated carbocycles. The molecule has 0 saturated heterocycles. The minimum atomic E-state index is -0.854. The molecule has 1 atom stereocenters. The van der Waals surface area contributed by atoms with Crippen molar-refractivity contribution in [2.24, 2.45) is 0 Å². The monoisotopic (exact) mass is 390 g/mol. The van der Waals surface area contributed by atoms with E-state index in [1.165, 1.54) is 0 Å². The fourth-order valence-corrected chi connectivity index (χ4v) is 2.35. The molecule has 0 aliphatic heterocycles. The Kier molecular flexibility index (Phi) is 6.15. The lowest BCUT2D eigenvalue weighted by atomic mass is 10.0. The summed E-state index contributed by atoms with van der Waals surface area (Å²) in [4.78, 5) is 24.2. The van der Waals surface area contributed by atoms with Crippen LogP contribution in [0.15, 0.2) is 46.9 Å². The highest BCUT2D eigenvalue weighted by Crippen LogP contribution is 2.16. The van der Waals surface area contributed by atoms with Crippen molar-refractivity contribution in [3.05, 3.63) is 63.6 Å². The molecular formula is C19H19BrO4. The summed E-state index contributed by atoms with van der Waals surface area (Å²) in [5, 5.41) is 0. The van der Waals surface area contributed by atoms with Gasteiger partial charge in [0, 0.05) is 10.0 Å². The number of halogens is 1. The van der Waals surface area contributed by atoms with Crippen LogP contribution in [-0.4, -0.2) is 24.5 Å². The van der Waals surface area contributed by atoms with Crippen LogP contribution in [-0.2, 0) is 9.53 Å². The summed E-state index contributed by atoms with van der Waals surface area (Å²) >= 11 is 3.32. The van der Waals surface area contributed by atoms with Crippen molar-refractivity contribution in [3.8, 4) is 5.75 Å². The molecule has 4 nitrogen and oxygen atoms in total. The van der Waals surface area contributed by atoms with Crippen LogP contribution >= 0.6 is 15.9 Å². The van der Waals surface area contributed by atoms with E-state index in [9.17, 15) is 9.59 Å². The summed E-state index contributed by atoms with van der Waals surface area (Å²) in [6, 6.07) is 12.5. The summed E-state index contributed by atoms with van der Waals surface area (Å²) in [5.74, 6) is -0.249. The summed E-state index contributed by atoms with van der Waals surface area (Å²) in [6.45, 7) is 5.24. The number of carbonyl (C=O) groups is 2. The van der Waals surface area contributed by atoms with Crippen LogP contribution in [0.2, 0.25) is 0 Å². The van der Waals surface area contributed by atoms with E-state index in [-0.39, 0.29) is 12.4 Å². The third-order valence-corrected chi connectivity index (χ3v) is 4.17. The van der Waals surface area contributed by atoms with Gasteiger partial charge in [0.2, 0.25) is 5.78 Å². The highest BCUT2D eigenvalue weighted by molar-refractivity contribution is 9.10. The maximum atomic E-state index is 12.3. The van der Waals surface area contributed by atoms with Gasteiger partial charge in [0.15, 0.2) is 12.7 Å². The van der Waals surface area contributed by atoms with Crippen molar-refractivity contribution in [2.45, 2.75) is 26.9 Å². The van der Waals surface area contributed by atoms with E-state index in [4.69, 9.17) is 9.47 Å². The van der Waals surface area contributed by atoms with Crippen molar-refractivity contribution < 1.29 is 19.1 Å². The maximum Gasteiger partial charge on any atom is 0.344 e. The topological polar surface area (TPSA) is 52.6 Å². The molecule has 0 bridgehead atoms. The van der Waals surface area contributed by atoms with Gasteiger partial charge in [0.1, 0.15) is 5.75 Å². The smallest absolute Gasteiger partial charge is 0.344 e. The quantitative estimate of drug-likeness (QED) is 0.546. The Balaban J connectivity index is 1.89. The van der Waals surface area contributed by atoms with Gasteiger partial charge in [-0.25, -0.2) is 4.79 Å². The number of carbonyl (C=O) groups excluding carboxylic acids is 2. The zero-order valence-corrected chi connectivity index (χ0v) is 15.4. The zero-order chi connectivity index (χ0) is 17.7. The highest BCUT2D eigenvalue weighted by atomic mass is 79.9. The molecule has 2 rings (SSSR count). The summed E-state index contributed by atoms with van der Waals surface area (Å²) in [7, 11) is 0. The summed E-state index contributed by atoms with van der Waals surface area (Å²) in [6.07, 6.45) is -0.854. The van der Waals surface area contributed by atoms with E-state index in [2.05, 4.69) is 15.9 Å². The molecule has 0 heterocycles. The van der Waals surface area contributed by atoms with Gasteiger partial charge in [-0.2, -0.15) is 0 Å². The van der Waals surface area contributed by atoms with Gasteiger partial charge in [-0.15, -0.1) is 0 Å². The maximum absolute atomic E-state index is 12.3. The van der Waals surface area contributed by atoms with Crippen LogP contribution in [0.1, 0.15) is 28.4 Å². The van der Waals surface area contributed by atoms with E-state index >= 15 is 0 Å². The van der Waals surface area contributed by atoms with Gasteiger partial charge in [-0.1, -0.05) is 28.1 Å². The number of hydrogen-bond acceptors (Lipinski definition) is 4. The van der Waals surface area contributed by atoms with Gasteiger partial charge >= 0.3 is 5.97 Å². The van der Waals surface area contributed by atoms with Crippen molar-refractivity contribution in [3.63, 3.8) is 0 Å². The van der Waals surface area contributed by atoms with E-state index in [0.29, 0.717) is 11.3 Å². The molecule has 24 heavy (non-hydrogen) atoms. The Hall–Kier alpha value is -2.14. The van der Waals surface area contributed by atoms with Gasteiger partial charge in [-0.3, -0.25) is 4.79 Å². The lowest BCUT2D eigenvalue weighted by Gasteiger charge is -2.13. The zero-order valence-electron chi connectivity index (χ0n) is 13.8. The first-order chi connectivity index (χ1) is 11.4. The predicted octanol–water partition coefficient (Wildman–Crippen LogP) is 4.26. The lowest BCUT2D eigenvalue weighted by molar-refractivity contribution is -0.148. The first-order valence-electron chi connectivity index (χ1n) is 7.56. The average Bonchev–Trinajstić information content (AvgIpc) is 2.56. The second-order valence-corrected chi connectivity index (χ2v) is 6.45. The molecule has 0 aliphatic rings. The van der Waals surface area contributed by atoms with E-state index in [0.717, 1.165) is 15.6 Å². The minimum absolute atomic E-state index is 0.227. The SMILES string of the molecule is Cc1ccc(C(=O)[C@@H](C)OC(=O)COc2ccc(Br)cc2)cc1C. The number of rotatable bonds is 6. The molecule has 2 aromatic rings. The predicted molar refractivity (Wildman–Crippen MR) is 95.4 cm³/mol.